The second-order valence-electron chi connectivity index (χ2n) is 6.19. The Morgan fingerprint density at radius 1 is 1.21 bits per heavy atom. The first-order chi connectivity index (χ1) is 8.97. The van der Waals surface area contributed by atoms with Gasteiger partial charge in [0.05, 0.1) is 18.1 Å². The molecular weight excluding hydrogens is 283 g/mol. The summed E-state index contributed by atoms with van der Waals surface area (Å²) in [7, 11) is 0. The number of likely N-dealkylation sites (tertiary alicyclic amines) is 1. The molecule has 0 aromatic rings. The normalized spacial score (nSPS) is 41.2. The fourth-order valence-corrected chi connectivity index (χ4v) is 3.72. The van der Waals surface area contributed by atoms with Crippen LogP contribution in [0, 0.1) is 11.8 Å². The fourth-order valence-electron chi connectivity index (χ4n) is 3.15. The maximum Gasteiger partial charge on any atom is 0.150 e. The Hall–Kier alpha value is 0.170. The Balaban J connectivity index is 1.86. The van der Waals surface area contributed by atoms with E-state index in [4.69, 9.17) is 28.9 Å². The van der Waals surface area contributed by atoms with Gasteiger partial charge in [-0.1, -0.05) is 6.92 Å². The number of ketones is 1. The second-order valence-corrected chi connectivity index (χ2v) is 7.31. The van der Waals surface area contributed by atoms with Gasteiger partial charge in [0.2, 0.25) is 0 Å². The van der Waals surface area contributed by atoms with Gasteiger partial charge in [-0.25, -0.2) is 0 Å². The van der Waals surface area contributed by atoms with Crippen molar-refractivity contribution in [3.63, 3.8) is 0 Å². The Morgan fingerprint density at radius 2 is 1.95 bits per heavy atom. The summed E-state index contributed by atoms with van der Waals surface area (Å²) in [6.07, 6.45) is 4.61. The lowest BCUT2D eigenvalue weighted by Gasteiger charge is -2.37. The monoisotopic (exact) mass is 306 g/mol. The molecule has 0 aromatic carbocycles. The van der Waals surface area contributed by atoms with E-state index >= 15 is 0 Å². The average Bonchev–Trinajstić information content (AvgIpc) is 2.37. The molecule has 0 amide bonds. The van der Waals surface area contributed by atoms with E-state index in [0.717, 1.165) is 32.2 Å². The number of hydrogen-bond acceptors (Lipinski definition) is 3. The molecule has 2 fully saturated rings. The van der Waals surface area contributed by atoms with Crippen molar-refractivity contribution in [2.45, 2.75) is 55.9 Å². The molecule has 19 heavy (non-hydrogen) atoms. The van der Waals surface area contributed by atoms with E-state index in [1.165, 1.54) is 0 Å². The first-order valence-corrected chi connectivity index (χ1v) is 8.15. The molecule has 2 rings (SSSR count). The minimum absolute atomic E-state index is 0.0167. The Labute approximate surface area is 125 Å². The summed E-state index contributed by atoms with van der Waals surface area (Å²) < 4.78 is 0. The zero-order valence-corrected chi connectivity index (χ0v) is 13.0. The SMILES string of the molecule is CC1CCC(N)N(CC(=O)C2CCC(Cl)C(Cl)C2)C1. The molecule has 2 N–H and O–H groups in total. The van der Waals surface area contributed by atoms with Gasteiger partial charge in [-0.15, -0.1) is 23.2 Å². The summed E-state index contributed by atoms with van der Waals surface area (Å²) in [6, 6.07) is 0. The van der Waals surface area contributed by atoms with E-state index in [1.54, 1.807) is 0 Å². The molecule has 1 saturated carbocycles. The number of halogens is 2. The zero-order valence-electron chi connectivity index (χ0n) is 11.5. The summed E-state index contributed by atoms with van der Waals surface area (Å²) in [5.74, 6) is 0.993. The predicted octanol–water partition coefficient (Wildman–Crippen LogP) is 2.59. The topological polar surface area (TPSA) is 46.3 Å². The lowest BCUT2D eigenvalue weighted by Crippen LogP contribution is -2.51. The van der Waals surface area contributed by atoms with E-state index in [1.807, 2.05) is 0 Å². The lowest BCUT2D eigenvalue weighted by molar-refractivity contribution is -0.126. The number of carbonyl (C=O) groups excluding carboxylic acids is 1. The smallest absolute Gasteiger partial charge is 0.150 e. The lowest BCUT2D eigenvalue weighted by atomic mass is 9.85. The van der Waals surface area contributed by atoms with Crippen LogP contribution in [0.2, 0.25) is 0 Å². The number of nitrogens with zero attached hydrogens (tertiary/aromatic N) is 1. The van der Waals surface area contributed by atoms with Crippen molar-refractivity contribution in [3.05, 3.63) is 0 Å². The molecule has 1 heterocycles. The van der Waals surface area contributed by atoms with Gasteiger partial charge in [-0.2, -0.15) is 0 Å². The number of piperidine rings is 1. The summed E-state index contributed by atoms with van der Waals surface area (Å²) in [4.78, 5) is 14.5. The van der Waals surface area contributed by atoms with Crippen LogP contribution >= 0.6 is 23.2 Å². The largest absolute Gasteiger partial charge is 0.316 e. The first-order valence-electron chi connectivity index (χ1n) is 7.28. The van der Waals surface area contributed by atoms with Crippen LogP contribution in [0.4, 0.5) is 0 Å². The molecule has 5 unspecified atom stereocenters. The van der Waals surface area contributed by atoms with Crippen LogP contribution in [-0.2, 0) is 4.79 Å². The van der Waals surface area contributed by atoms with Crippen molar-refractivity contribution in [1.82, 2.24) is 4.90 Å². The Kier molecular flexibility index (Phi) is 5.53. The highest BCUT2D eigenvalue weighted by molar-refractivity contribution is 6.30. The van der Waals surface area contributed by atoms with E-state index in [0.29, 0.717) is 24.7 Å². The van der Waals surface area contributed by atoms with Gasteiger partial charge in [0.15, 0.2) is 0 Å². The van der Waals surface area contributed by atoms with Gasteiger partial charge >= 0.3 is 0 Å². The molecule has 110 valence electrons. The molecule has 0 aromatic heterocycles. The van der Waals surface area contributed by atoms with E-state index in [-0.39, 0.29) is 22.8 Å². The minimum Gasteiger partial charge on any atom is -0.316 e. The molecule has 0 radical (unpaired) electrons. The maximum absolute atomic E-state index is 12.4. The molecule has 0 bridgehead atoms. The van der Waals surface area contributed by atoms with Crippen LogP contribution < -0.4 is 5.73 Å². The molecule has 1 aliphatic carbocycles. The van der Waals surface area contributed by atoms with Gasteiger partial charge < -0.3 is 5.73 Å². The predicted molar refractivity (Wildman–Crippen MR) is 79.6 cm³/mol. The molecule has 5 atom stereocenters. The molecule has 1 aliphatic heterocycles. The highest BCUT2D eigenvalue weighted by atomic mass is 35.5. The van der Waals surface area contributed by atoms with Gasteiger partial charge in [-0.3, -0.25) is 9.69 Å². The van der Waals surface area contributed by atoms with Crippen LogP contribution in [0.5, 0.6) is 0 Å². The summed E-state index contributed by atoms with van der Waals surface area (Å²) in [5, 5.41) is -0.0543. The highest BCUT2D eigenvalue weighted by Gasteiger charge is 2.33. The van der Waals surface area contributed by atoms with Crippen molar-refractivity contribution >= 4 is 29.0 Å². The van der Waals surface area contributed by atoms with Crippen LogP contribution in [0.15, 0.2) is 0 Å². The summed E-state index contributed by atoms with van der Waals surface area (Å²) in [6.45, 7) is 3.63. The van der Waals surface area contributed by atoms with Crippen molar-refractivity contribution < 1.29 is 4.79 Å². The number of rotatable bonds is 3. The van der Waals surface area contributed by atoms with E-state index in [9.17, 15) is 4.79 Å². The average molecular weight is 307 g/mol. The van der Waals surface area contributed by atoms with Crippen molar-refractivity contribution in [3.8, 4) is 0 Å². The van der Waals surface area contributed by atoms with Gasteiger partial charge in [-0.05, 0) is 38.0 Å². The minimum atomic E-state index is -0.0710. The summed E-state index contributed by atoms with van der Waals surface area (Å²) >= 11 is 12.3. The number of Topliss-reactive ketones (excluding diaryl/α,β-unsaturated/α-hetero) is 1. The van der Waals surface area contributed by atoms with Gasteiger partial charge in [0.25, 0.3) is 0 Å². The number of nitrogens with two attached hydrogens (primary N) is 1. The summed E-state index contributed by atoms with van der Waals surface area (Å²) in [5.41, 5.74) is 6.09. The van der Waals surface area contributed by atoms with Crippen molar-refractivity contribution in [2.75, 3.05) is 13.1 Å². The van der Waals surface area contributed by atoms with Crippen molar-refractivity contribution in [1.29, 1.82) is 0 Å². The standard InChI is InChI=1S/C14H24Cl2N2O/c1-9-2-5-14(17)18(7-9)8-13(19)10-3-4-11(15)12(16)6-10/h9-12,14H,2-8,17H2,1H3. The quantitative estimate of drug-likeness (QED) is 0.815. The Bertz CT molecular complexity index is 327. The molecule has 3 nitrogen and oxygen atoms in total. The van der Waals surface area contributed by atoms with Crippen LogP contribution in [0.1, 0.15) is 39.0 Å². The maximum atomic E-state index is 12.4. The Morgan fingerprint density at radius 3 is 2.63 bits per heavy atom. The van der Waals surface area contributed by atoms with Crippen molar-refractivity contribution in [2.24, 2.45) is 17.6 Å². The molecule has 0 spiro atoms. The third kappa shape index (κ3) is 4.07. The second kappa shape index (κ2) is 6.75. The molecule has 1 saturated heterocycles. The van der Waals surface area contributed by atoms with Crippen LogP contribution in [-0.4, -0.2) is 40.7 Å². The molecular formula is C14H24Cl2N2O. The van der Waals surface area contributed by atoms with Gasteiger partial charge in [0, 0.05) is 17.8 Å². The zero-order chi connectivity index (χ0) is 14.0. The third-order valence-corrected chi connectivity index (χ3v) is 5.61. The first kappa shape index (κ1) is 15.6. The molecule has 2 aliphatic rings. The third-order valence-electron chi connectivity index (χ3n) is 4.48. The van der Waals surface area contributed by atoms with Crippen LogP contribution in [0.3, 0.4) is 0 Å². The van der Waals surface area contributed by atoms with Crippen LogP contribution in [0.25, 0.3) is 0 Å². The number of carbonyl (C=O) groups is 1. The number of hydrogen-bond donors (Lipinski definition) is 1. The van der Waals surface area contributed by atoms with Gasteiger partial charge in [0.1, 0.15) is 5.78 Å². The van der Waals surface area contributed by atoms with E-state index < -0.39 is 0 Å². The molecule has 5 heteroatoms. The van der Waals surface area contributed by atoms with E-state index in [2.05, 4.69) is 11.8 Å². The number of alkyl halides is 2. The highest BCUT2D eigenvalue weighted by Crippen LogP contribution is 2.32. The fraction of sp³-hybridized carbons (Fsp3) is 0.929.